The molecular weight excluding hydrogens is 307 g/mol. The molecule has 13 heteroatoms. The van der Waals surface area contributed by atoms with Gasteiger partial charge in [-0.25, -0.2) is 0 Å². The van der Waals surface area contributed by atoms with Crippen molar-refractivity contribution in [2.24, 2.45) is 0 Å². The minimum atomic E-state index is -4.99. The van der Waals surface area contributed by atoms with E-state index in [4.69, 9.17) is 0 Å². The summed E-state index contributed by atoms with van der Waals surface area (Å²) < 4.78 is 25.0. The molecule has 2 fully saturated rings. The Balaban J connectivity index is 2.31. The number of ether oxygens (including phenoxy) is 2. The predicted octanol–water partition coefficient (Wildman–Crippen LogP) is -2.36. The summed E-state index contributed by atoms with van der Waals surface area (Å²) in [6.07, 6.45) is 0. The monoisotopic (exact) mass is 310 g/mol. The Hall–Kier alpha value is -2.75. The Morgan fingerprint density at radius 1 is 0.550 bits per heavy atom. The van der Waals surface area contributed by atoms with Crippen LogP contribution < -0.4 is 0 Å². The van der Waals surface area contributed by atoms with Crippen molar-refractivity contribution in [2.45, 2.75) is 0 Å². The van der Waals surface area contributed by atoms with Gasteiger partial charge in [-0.3, -0.25) is 0 Å². The molecule has 0 amide bonds. The molecule has 0 aliphatic carbocycles. The van der Waals surface area contributed by atoms with Gasteiger partial charge >= 0.3 is 107 Å². The molecule has 0 radical (unpaired) electrons. The van der Waals surface area contributed by atoms with Crippen molar-refractivity contribution in [3.63, 3.8) is 0 Å². The van der Waals surface area contributed by atoms with Gasteiger partial charge in [0.25, 0.3) is 0 Å². The first-order valence-electron chi connectivity index (χ1n) is 4.59. The summed E-state index contributed by atoms with van der Waals surface area (Å²) in [7, 11) is -4.99. The zero-order valence-electron chi connectivity index (χ0n) is 9.11. The van der Waals surface area contributed by atoms with Crippen LogP contribution >= 0.6 is 8.17 Å². The third-order valence-electron chi connectivity index (χ3n) is 1.75. The van der Waals surface area contributed by atoms with Crippen molar-refractivity contribution < 1.29 is 56.3 Å². The summed E-state index contributed by atoms with van der Waals surface area (Å²) in [4.78, 5) is 66.3. The van der Waals surface area contributed by atoms with Gasteiger partial charge in [0, 0.05) is 0 Å². The molecule has 0 saturated carbocycles. The van der Waals surface area contributed by atoms with E-state index in [1.807, 2.05) is 0 Å². The Morgan fingerprint density at radius 3 is 1.20 bits per heavy atom. The van der Waals surface area contributed by atoms with Gasteiger partial charge in [0.2, 0.25) is 0 Å². The van der Waals surface area contributed by atoms with Gasteiger partial charge in [0.1, 0.15) is 0 Å². The second-order valence-corrected chi connectivity index (χ2v) is 4.86. The SMILES string of the molecule is O=C1OCOC(=O)C(=O)O[PH]2(OC1=O)OC(=O)C(=O)O2. The van der Waals surface area contributed by atoms with Gasteiger partial charge in [-0.15, -0.1) is 0 Å². The van der Waals surface area contributed by atoms with Crippen LogP contribution in [-0.4, -0.2) is 42.6 Å². The summed E-state index contributed by atoms with van der Waals surface area (Å²) in [5, 5.41) is 0. The first-order chi connectivity index (χ1) is 9.33. The van der Waals surface area contributed by atoms with Crippen LogP contribution in [-0.2, 0) is 56.3 Å². The third kappa shape index (κ3) is 2.49. The second-order valence-electron chi connectivity index (χ2n) is 3.04. The van der Waals surface area contributed by atoms with Crippen molar-refractivity contribution in [2.75, 3.05) is 6.79 Å². The standard InChI is InChI=1S/C7H3O12P/c8-2-4(10)16-20(18-6(12)7(13)19-20)17-5(11)3(9)15-1-14-2/h20H,1H2. The first-order valence-corrected chi connectivity index (χ1v) is 6.23. The van der Waals surface area contributed by atoms with E-state index >= 15 is 0 Å². The van der Waals surface area contributed by atoms with Crippen LogP contribution in [0.1, 0.15) is 0 Å². The van der Waals surface area contributed by atoms with Gasteiger partial charge in [-0.05, 0) is 0 Å². The van der Waals surface area contributed by atoms with E-state index in [0.717, 1.165) is 0 Å². The van der Waals surface area contributed by atoms with Crippen LogP contribution in [0.3, 0.4) is 0 Å². The van der Waals surface area contributed by atoms with Crippen LogP contribution in [0.25, 0.3) is 0 Å². The zero-order valence-corrected chi connectivity index (χ0v) is 10.1. The molecule has 0 N–H and O–H groups in total. The van der Waals surface area contributed by atoms with E-state index in [9.17, 15) is 28.8 Å². The normalized spacial score (nSPS) is 23.8. The topological polar surface area (TPSA) is 158 Å². The summed E-state index contributed by atoms with van der Waals surface area (Å²) >= 11 is 0. The number of esters is 2. The van der Waals surface area contributed by atoms with E-state index < -0.39 is 50.8 Å². The Morgan fingerprint density at radius 2 is 0.850 bits per heavy atom. The minimum absolute atomic E-state index is 1.05. The van der Waals surface area contributed by atoms with E-state index in [1.165, 1.54) is 0 Å². The van der Waals surface area contributed by atoms with Gasteiger partial charge in [0.05, 0.1) is 0 Å². The van der Waals surface area contributed by atoms with E-state index in [1.54, 1.807) is 0 Å². The van der Waals surface area contributed by atoms with Crippen molar-refractivity contribution in [3.8, 4) is 0 Å². The molecule has 2 aliphatic rings. The molecule has 2 heterocycles. The average molecular weight is 310 g/mol. The molecule has 0 unspecified atom stereocenters. The molecule has 1 spiro atoms. The van der Waals surface area contributed by atoms with Crippen LogP contribution in [0.5, 0.6) is 0 Å². The summed E-state index contributed by atoms with van der Waals surface area (Å²) in [6, 6.07) is 0. The fourth-order valence-corrected chi connectivity index (χ4v) is 2.49. The number of carbonyl (C=O) groups excluding carboxylic acids is 6. The Kier molecular flexibility index (Phi) is 3.24. The Labute approximate surface area is 108 Å². The second kappa shape index (κ2) is 4.74. The van der Waals surface area contributed by atoms with Crippen molar-refractivity contribution in [1.29, 1.82) is 0 Å². The molecular formula is C7H3O12P. The molecule has 0 atom stereocenters. The fourth-order valence-electron chi connectivity index (χ4n) is 1.00. The summed E-state index contributed by atoms with van der Waals surface area (Å²) in [5.74, 6) is -10.1. The molecule has 20 heavy (non-hydrogen) atoms. The molecule has 2 rings (SSSR count). The van der Waals surface area contributed by atoms with Crippen LogP contribution in [0.4, 0.5) is 0 Å². The van der Waals surface area contributed by atoms with Gasteiger partial charge in [-0.2, -0.15) is 0 Å². The van der Waals surface area contributed by atoms with E-state index in [-0.39, 0.29) is 0 Å². The van der Waals surface area contributed by atoms with Gasteiger partial charge in [-0.1, -0.05) is 0 Å². The van der Waals surface area contributed by atoms with Crippen LogP contribution in [0.2, 0.25) is 0 Å². The molecule has 0 bridgehead atoms. The molecule has 12 nitrogen and oxygen atoms in total. The molecule has 0 aromatic rings. The van der Waals surface area contributed by atoms with Crippen molar-refractivity contribution in [3.05, 3.63) is 0 Å². The van der Waals surface area contributed by atoms with E-state index in [0.29, 0.717) is 0 Å². The fraction of sp³-hybridized carbons (Fsp3) is 0.143. The number of carbonyl (C=O) groups is 6. The molecule has 0 aromatic carbocycles. The summed E-state index contributed by atoms with van der Waals surface area (Å²) in [6.45, 7) is -1.05. The number of hydrogen-bond acceptors (Lipinski definition) is 12. The number of cyclic esters (lactones) is 2. The molecule has 2 aliphatic heterocycles. The third-order valence-corrected chi connectivity index (χ3v) is 3.49. The number of hydrogen-bond donors (Lipinski definition) is 0. The number of rotatable bonds is 0. The van der Waals surface area contributed by atoms with Crippen LogP contribution in [0, 0.1) is 0 Å². The predicted molar refractivity (Wildman–Crippen MR) is 49.7 cm³/mol. The van der Waals surface area contributed by atoms with Crippen LogP contribution in [0.15, 0.2) is 0 Å². The van der Waals surface area contributed by atoms with Gasteiger partial charge < -0.3 is 0 Å². The van der Waals surface area contributed by atoms with Gasteiger partial charge in [0.15, 0.2) is 0 Å². The summed E-state index contributed by atoms with van der Waals surface area (Å²) in [5.41, 5.74) is 0. The molecule has 108 valence electrons. The first kappa shape index (κ1) is 13.7. The zero-order chi connectivity index (χ0) is 14.9. The van der Waals surface area contributed by atoms with Crippen molar-refractivity contribution in [1.82, 2.24) is 0 Å². The quantitative estimate of drug-likeness (QED) is 0.266. The maximum absolute atomic E-state index is 11.2. The molecule has 2 saturated heterocycles. The Bertz CT molecular complexity index is 500. The van der Waals surface area contributed by atoms with E-state index in [2.05, 4.69) is 27.6 Å². The average Bonchev–Trinajstić information content (AvgIpc) is 2.62. The molecule has 0 aromatic heterocycles. The van der Waals surface area contributed by atoms with Crippen molar-refractivity contribution >= 4 is 44.0 Å². The maximum atomic E-state index is 11.2.